The van der Waals surface area contributed by atoms with Crippen LogP contribution in [0.1, 0.15) is 39.0 Å². The molecule has 5 heteroatoms. The highest BCUT2D eigenvalue weighted by molar-refractivity contribution is 5.76. The number of likely N-dealkylation sites (N-methyl/N-ethyl adjacent to an activating group) is 1. The fourth-order valence-corrected chi connectivity index (χ4v) is 2.32. The number of amides is 1. The van der Waals surface area contributed by atoms with Crippen LogP contribution >= 0.6 is 0 Å². The van der Waals surface area contributed by atoms with E-state index >= 15 is 0 Å². The molecule has 1 aliphatic heterocycles. The van der Waals surface area contributed by atoms with Gasteiger partial charge in [0.25, 0.3) is 0 Å². The number of hydrogen-bond donors (Lipinski definition) is 1. The third-order valence-electron chi connectivity index (χ3n) is 3.63. The van der Waals surface area contributed by atoms with Gasteiger partial charge in [0.15, 0.2) is 0 Å². The Kier molecular flexibility index (Phi) is 6.12. The van der Waals surface area contributed by atoms with Crippen molar-refractivity contribution < 1.29 is 14.7 Å². The number of aliphatic carboxylic acids is 1. The predicted molar refractivity (Wildman–Crippen MR) is 69.4 cm³/mol. The largest absolute Gasteiger partial charge is 0.481 e. The Morgan fingerprint density at radius 1 is 1.22 bits per heavy atom. The van der Waals surface area contributed by atoms with E-state index in [0.717, 1.165) is 26.1 Å². The highest BCUT2D eigenvalue weighted by Crippen LogP contribution is 2.13. The summed E-state index contributed by atoms with van der Waals surface area (Å²) in [5.74, 6) is -0.611. The van der Waals surface area contributed by atoms with Gasteiger partial charge in [0.1, 0.15) is 0 Å². The quantitative estimate of drug-likeness (QED) is 0.725. The molecule has 1 aliphatic rings. The third-order valence-corrected chi connectivity index (χ3v) is 3.63. The zero-order valence-electron chi connectivity index (χ0n) is 11.4. The Labute approximate surface area is 109 Å². The molecule has 1 rings (SSSR count). The number of carbonyl (C=O) groups excluding carboxylic acids is 1. The molecule has 1 heterocycles. The number of piperazine rings is 1. The lowest BCUT2D eigenvalue weighted by molar-refractivity contribution is -0.138. The van der Waals surface area contributed by atoms with E-state index in [1.807, 2.05) is 4.90 Å². The molecule has 0 spiro atoms. The highest BCUT2D eigenvalue weighted by atomic mass is 16.4. The monoisotopic (exact) mass is 256 g/mol. The van der Waals surface area contributed by atoms with E-state index < -0.39 is 5.97 Å². The number of unbranched alkanes of at least 4 members (excludes halogenated alkanes) is 1. The van der Waals surface area contributed by atoms with E-state index in [1.165, 1.54) is 0 Å². The van der Waals surface area contributed by atoms with Gasteiger partial charge in [-0.2, -0.15) is 0 Å². The van der Waals surface area contributed by atoms with Crippen molar-refractivity contribution in [3.63, 3.8) is 0 Å². The maximum absolute atomic E-state index is 12.0. The van der Waals surface area contributed by atoms with Gasteiger partial charge in [-0.05, 0) is 26.3 Å². The molecule has 0 aromatic rings. The van der Waals surface area contributed by atoms with Gasteiger partial charge in [0.05, 0.1) is 0 Å². The summed E-state index contributed by atoms with van der Waals surface area (Å²) in [6.45, 7) is 4.68. The smallest absolute Gasteiger partial charge is 0.303 e. The average Bonchev–Trinajstić information content (AvgIpc) is 2.34. The van der Waals surface area contributed by atoms with Gasteiger partial charge in [0, 0.05) is 38.5 Å². The molecule has 1 fully saturated rings. The fraction of sp³-hybridized carbons (Fsp3) is 0.846. The van der Waals surface area contributed by atoms with E-state index in [0.29, 0.717) is 25.3 Å². The summed E-state index contributed by atoms with van der Waals surface area (Å²) in [7, 11) is 2.10. The number of carbonyl (C=O) groups is 2. The first kappa shape index (κ1) is 15.0. The maximum Gasteiger partial charge on any atom is 0.303 e. The minimum Gasteiger partial charge on any atom is -0.481 e. The second-order valence-electron chi connectivity index (χ2n) is 4.98. The predicted octanol–water partition coefficient (Wildman–Crippen LogP) is 1.18. The second-order valence-corrected chi connectivity index (χ2v) is 4.98. The lowest BCUT2D eigenvalue weighted by atomic mass is 10.1. The van der Waals surface area contributed by atoms with Gasteiger partial charge in [0.2, 0.25) is 5.91 Å². The highest BCUT2D eigenvalue weighted by Gasteiger charge is 2.25. The zero-order chi connectivity index (χ0) is 13.5. The van der Waals surface area contributed by atoms with Crippen LogP contribution in [0.25, 0.3) is 0 Å². The average molecular weight is 256 g/mol. The molecular weight excluding hydrogens is 232 g/mol. The topological polar surface area (TPSA) is 60.9 Å². The molecule has 1 unspecified atom stereocenters. The Bertz CT molecular complexity index is 294. The minimum absolute atomic E-state index is 0.160. The van der Waals surface area contributed by atoms with Crippen molar-refractivity contribution in [3.05, 3.63) is 0 Å². The van der Waals surface area contributed by atoms with Crippen molar-refractivity contribution >= 4 is 11.9 Å². The SMILES string of the molecule is CCC1CN(C(=O)CCCCC(=O)O)CCN1C. The molecule has 1 amide bonds. The van der Waals surface area contributed by atoms with Crippen molar-refractivity contribution in [1.29, 1.82) is 0 Å². The summed E-state index contributed by atoms with van der Waals surface area (Å²) in [6, 6.07) is 0.460. The second kappa shape index (κ2) is 7.36. The lowest BCUT2D eigenvalue weighted by Gasteiger charge is -2.39. The van der Waals surface area contributed by atoms with Crippen LogP contribution in [0.3, 0.4) is 0 Å². The summed E-state index contributed by atoms with van der Waals surface area (Å²) in [5, 5.41) is 8.52. The molecule has 1 saturated heterocycles. The Balaban J connectivity index is 2.27. The molecule has 0 aliphatic carbocycles. The van der Waals surface area contributed by atoms with Gasteiger partial charge in [-0.3, -0.25) is 14.5 Å². The molecule has 0 aromatic carbocycles. The Morgan fingerprint density at radius 2 is 1.89 bits per heavy atom. The summed E-state index contributed by atoms with van der Waals surface area (Å²) < 4.78 is 0. The molecule has 1 atom stereocenters. The molecule has 0 radical (unpaired) electrons. The number of rotatable bonds is 6. The summed E-state index contributed by atoms with van der Waals surface area (Å²) >= 11 is 0. The molecule has 5 nitrogen and oxygen atoms in total. The van der Waals surface area contributed by atoms with E-state index in [-0.39, 0.29) is 12.3 Å². The van der Waals surface area contributed by atoms with Gasteiger partial charge in [-0.1, -0.05) is 6.92 Å². The van der Waals surface area contributed by atoms with Gasteiger partial charge in [-0.15, -0.1) is 0 Å². The molecule has 0 saturated carbocycles. The minimum atomic E-state index is -0.784. The van der Waals surface area contributed by atoms with Crippen LogP contribution in [-0.2, 0) is 9.59 Å². The van der Waals surface area contributed by atoms with Crippen molar-refractivity contribution in [1.82, 2.24) is 9.80 Å². The van der Waals surface area contributed by atoms with Crippen LogP contribution in [0.4, 0.5) is 0 Å². The molecular formula is C13H24N2O3. The molecule has 1 N–H and O–H groups in total. The van der Waals surface area contributed by atoms with Gasteiger partial charge < -0.3 is 10.0 Å². The third kappa shape index (κ3) is 4.64. The fourth-order valence-electron chi connectivity index (χ4n) is 2.32. The van der Waals surface area contributed by atoms with E-state index in [9.17, 15) is 9.59 Å². The number of nitrogens with zero attached hydrogens (tertiary/aromatic N) is 2. The Hall–Kier alpha value is -1.10. The first-order valence-corrected chi connectivity index (χ1v) is 6.74. The van der Waals surface area contributed by atoms with Crippen LogP contribution in [-0.4, -0.2) is 59.5 Å². The normalized spacial score (nSPS) is 21.0. The van der Waals surface area contributed by atoms with Crippen molar-refractivity contribution in [2.45, 2.75) is 45.1 Å². The molecule has 0 aromatic heterocycles. The lowest BCUT2D eigenvalue weighted by Crippen LogP contribution is -2.52. The maximum atomic E-state index is 12.0. The first-order valence-electron chi connectivity index (χ1n) is 6.74. The van der Waals surface area contributed by atoms with Crippen LogP contribution in [0.5, 0.6) is 0 Å². The molecule has 18 heavy (non-hydrogen) atoms. The van der Waals surface area contributed by atoms with Gasteiger partial charge >= 0.3 is 5.97 Å². The number of carboxylic acid groups (broad SMARTS) is 1. The van der Waals surface area contributed by atoms with Crippen LogP contribution in [0.15, 0.2) is 0 Å². The van der Waals surface area contributed by atoms with Crippen molar-refractivity contribution in [3.8, 4) is 0 Å². The van der Waals surface area contributed by atoms with E-state index in [4.69, 9.17) is 5.11 Å². The summed E-state index contributed by atoms with van der Waals surface area (Å²) in [4.78, 5) is 26.6. The molecule has 104 valence electrons. The van der Waals surface area contributed by atoms with E-state index in [2.05, 4.69) is 18.9 Å². The Morgan fingerprint density at radius 3 is 2.50 bits per heavy atom. The number of carboxylic acids is 1. The van der Waals surface area contributed by atoms with Crippen molar-refractivity contribution in [2.24, 2.45) is 0 Å². The zero-order valence-corrected chi connectivity index (χ0v) is 11.4. The van der Waals surface area contributed by atoms with Gasteiger partial charge in [-0.25, -0.2) is 0 Å². The van der Waals surface area contributed by atoms with E-state index in [1.54, 1.807) is 0 Å². The number of hydrogen-bond acceptors (Lipinski definition) is 3. The van der Waals surface area contributed by atoms with Crippen LogP contribution in [0.2, 0.25) is 0 Å². The summed E-state index contributed by atoms with van der Waals surface area (Å²) in [5.41, 5.74) is 0. The van der Waals surface area contributed by atoms with Crippen LogP contribution < -0.4 is 0 Å². The van der Waals surface area contributed by atoms with Crippen LogP contribution in [0, 0.1) is 0 Å². The first-order chi connectivity index (χ1) is 8.54. The summed E-state index contributed by atoms with van der Waals surface area (Å²) in [6.07, 6.45) is 2.96. The van der Waals surface area contributed by atoms with Crippen molar-refractivity contribution in [2.75, 3.05) is 26.7 Å². The molecule has 0 bridgehead atoms. The standard InChI is InChI=1S/C13H24N2O3/c1-3-11-10-15(9-8-14(11)2)12(16)6-4-5-7-13(17)18/h11H,3-10H2,1-2H3,(H,17,18).